The minimum absolute atomic E-state index is 0. The van der Waals surface area contributed by atoms with Gasteiger partial charge in [0.2, 0.25) is 5.91 Å². The number of benzene rings is 1. The van der Waals surface area contributed by atoms with Gasteiger partial charge in [-0.25, -0.2) is 4.68 Å². The highest BCUT2D eigenvalue weighted by atomic mass is 35.5. The van der Waals surface area contributed by atoms with Crippen LogP contribution >= 0.6 is 12.4 Å². The zero-order valence-corrected chi connectivity index (χ0v) is 13.1. The summed E-state index contributed by atoms with van der Waals surface area (Å²) >= 11 is 0. The Balaban J connectivity index is 0.00000176. The van der Waals surface area contributed by atoms with Crippen LogP contribution in [0, 0.1) is 5.41 Å². The number of hydrogen-bond acceptors (Lipinski definition) is 5. The number of anilines is 1. The highest BCUT2D eigenvalue weighted by Gasteiger charge is 2.34. The molecule has 1 fully saturated rings. The SMILES string of the molecule is CC1(C(=O)Nc2cccc(-n3cnnn3)c2)CCCNC1.Cl. The number of carbonyl (C=O) groups excluding carboxylic acids is 1. The molecule has 1 unspecified atom stereocenters. The van der Waals surface area contributed by atoms with E-state index in [0.717, 1.165) is 30.8 Å². The predicted octanol–water partition coefficient (Wildman–Crippen LogP) is 1.41. The zero-order chi connectivity index (χ0) is 14.7. The fourth-order valence-corrected chi connectivity index (χ4v) is 2.54. The monoisotopic (exact) mass is 322 g/mol. The van der Waals surface area contributed by atoms with Crippen molar-refractivity contribution in [2.45, 2.75) is 19.8 Å². The Morgan fingerprint density at radius 2 is 2.32 bits per heavy atom. The van der Waals surface area contributed by atoms with Crippen molar-refractivity contribution < 1.29 is 4.79 Å². The molecule has 1 aliphatic rings. The number of aromatic nitrogens is 4. The van der Waals surface area contributed by atoms with E-state index in [1.807, 2.05) is 31.2 Å². The Hall–Kier alpha value is -1.99. The van der Waals surface area contributed by atoms with Crippen molar-refractivity contribution in [3.8, 4) is 5.69 Å². The molecular formula is C14H19ClN6O. The topological polar surface area (TPSA) is 84.7 Å². The number of rotatable bonds is 3. The van der Waals surface area contributed by atoms with Crippen LogP contribution < -0.4 is 10.6 Å². The highest BCUT2D eigenvalue weighted by molar-refractivity contribution is 5.95. The standard InChI is InChI=1S/C14H18N6O.ClH/c1-14(6-3-7-15-9-14)13(21)17-11-4-2-5-12(8-11)20-10-16-18-19-20;/h2,4-5,8,10,15H,3,6-7,9H2,1H3,(H,17,21);1H. The van der Waals surface area contributed by atoms with Gasteiger partial charge >= 0.3 is 0 Å². The third kappa shape index (κ3) is 3.42. The molecule has 3 rings (SSSR count). The molecule has 22 heavy (non-hydrogen) atoms. The summed E-state index contributed by atoms with van der Waals surface area (Å²) in [6.07, 6.45) is 3.44. The van der Waals surface area contributed by atoms with Gasteiger partial charge in [0.1, 0.15) is 6.33 Å². The molecule has 2 N–H and O–H groups in total. The van der Waals surface area contributed by atoms with Crippen LogP contribution in [0.3, 0.4) is 0 Å². The molecular weight excluding hydrogens is 304 g/mol. The lowest BCUT2D eigenvalue weighted by molar-refractivity contribution is -0.125. The average molecular weight is 323 g/mol. The number of hydrogen-bond donors (Lipinski definition) is 2. The Kier molecular flexibility index (Phi) is 5.10. The molecule has 1 aliphatic heterocycles. The summed E-state index contributed by atoms with van der Waals surface area (Å²) in [5.74, 6) is 0.0450. The summed E-state index contributed by atoms with van der Waals surface area (Å²) in [4.78, 5) is 12.5. The van der Waals surface area contributed by atoms with E-state index in [1.54, 1.807) is 4.68 Å². The molecule has 0 saturated carbocycles. The number of halogens is 1. The molecule has 2 aromatic rings. The molecule has 1 amide bonds. The van der Waals surface area contributed by atoms with E-state index in [9.17, 15) is 4.79 Å². The van der Waals surface area contributed by atoms with Gasteiger partial charge in [-0.15, -0.1) is 17.5 Å². The molecule has 0 radical (unpaired) electrons. The van der Waals surface area contributed by atoms with E-state index in [1.165, 1.54) is 6.33 Å². The van der Waals surface area contributed by atoms with Gasteiger partial charge in [0.25, 0.3) is 0 Å². The summed E-state index contributed by atoms with van der Waals surface area (Å²) in [5, 5.41) is 17.3. The first-order valence-electron chi connectivity index (χ1n) is 7.03. The predicted molar refractivity (Wildman–Crippen MR) is 85.2 cm³/mol. The fourth-order valence-electron chi connectivity index (χ4n) is 2.54. The molecule has 2 heterocycles. The summed E-state index contributed by atoms with van der Waals surface area (Å²) in [7, 11) is 0. The highest BCUT2D eigenvalue weighted by Crippen LogP contribution is 2.27. The Labute approximate surface area is 134 Å². The van der Waals surface area contributed by atoms with Gasteiger partial charge in [0.05, 0.1) is 11.1 Å². The van der Waals surface area contributed by atoms with Gasteiger partial charge in [-0.2, -0.15) is 0 Å². The lowest BCUT2D eigenvalue weighted by Crippen LogP contribution is -2.46. The molecule has 7 nitrogen and oxygen atoms in total. The minimum Gasteiger partial charge on any atom is -0.326 e. The molecule has 1 aromatic carbocycles. The Bertz CT molecular complexity index is 624. The third-order valence-electron chi connectivity index (χ3n) is 3.86. The largest absolute Gasteiger partial charge is 0.326 e. The molecule has 0 spiro atoms. The van der Waals surface area contributed by atoms with Crippen LogP contribution in [0.2, 0.25) is 0 Å². The van der Waals surface area contributed by atoms with Gasteiger partial charge < -0.3 is 10.6 Å². The molecule has 118 valence electrons. The smallest absolute Gasteiger partial charge is 0.231 e. The quantitative estimate of drug-likeness (QED) is 0.892. The average Bonchev–Trinajstić information content (AvgIpc) is 3.02. The van der Waals surface area contributed by atoms with E-state index in [4.69, 9.17) is 0 Å². The molecule has 0 bridgehead atoms. The van der Waals surface area contributed by atoms with Crippen molar-refractivity contribution in [1.29, 1.82) is 0 Å². The van der Waals surface area contributed by atoms with Crippen LogP contribution in [0.1, 0.15) is 19.8 Å². The van der Waals surface area contributed by atoms with Gasteiger partial charge in [0, 0.05) is 12.2 Å². The van der Waals surface area contributed by atoms with E-state index in [2.05, 4.69) is 26.2 Å². The second kappa shape index (κ2) is 6.85. The second-order valence-electron chi connectivity index (χ2n) is 5.60. The van der Waals surface area contributed by atoms with Crippen LogP contribution in [0.15, 0.2) is 30.6 Å². The number of piperidine rings is 1. The number of tetrazole rings is 1. The number of nitrogens with one attached hydrogen (secondary N) is 2. The van der Waals surface area contributed by atoms with Crippen LogP contribution in [0.4, 0.5) is 5.69 Å². The van der Waals surface area contributed by atoms with Crippen LogP contribution in [-0.4, -0.2) is 39.2 Å². The van der Waals surface area contributed by atoms with Crippen molar-refractivity contribution >= 4 is 24.0 Å². The Morgan fingerprint density at radius 3 is 3.00 bits per heavy atom. The first-order valence-corrected chi connectivity index (χ1v) is 7.03. The van der Waals surface area contributed by atoms with E-state index >= 15 is 0 Å². The molecule has 1 atom stereocenters. The first kappa shape index (κ1) is 16.4. The van der Waals surface area contributed by atoms with Gasteiger partial charge in [-0.3, -0.25) is 4.79 Å². The molecule has 1 saturated heterocycles. The fraction of sp³-hybridized carbons (Fsp3) is 0.429. The summed E-state index contributed by atoms with van der Waals surface area (Å²) in [6.45, 7) is 3.70. The van der Waals surface area contributed by atoms with Crippen molar-refractivity contribution in [3.05, 3.63) is 30.6 Å². The van der Waals surface area contributed by atoms with Gasteiger partial charge in [-0.05, 0) is 54.9 Å². The minimum atomic E-state index is -0.358. The number of nitrogens with zero attached hydrogens (tertiary/aromatic N) is 4. The number of carbonyl (C=O) groups is 1. The van der Waals surface area contributed by atoms with E-state index < -0.39 is 0 Å². The summed E-state index contributed by atoms with van der Waals surface area (Å²) in [6, 6.07) is 7.48. The van der Waals surface area contributed by atoms with Crippen LogP contribution in [-0.2, 0) is 4.79 Å². The van der Waals surface area contributed by atoms with Crippen molar-refractivity contribution in [1.82, 2.24) is 25.5 Å². The second-order valence-corrected chi connectivity index (χ2v) is 5.60. The van der Waals surface area contributed by atoms with Crippen LogP contribution in [0.25, 0.3) is 5.69 Å². The summed E-state index contributed by atoms with van der Waals surface area (Å²) in [5.41, 5.74) is 1.20. The molecule has 0 aliphatic carbocycles. The van der Waals surface area contributed by atoms with Gasteiger partial charge in [0.15, 0.2) is 0 Å². The molecule has 8 heteroatoms. The lowest BCUT2D eigenvalue weighted by Gasteiger charge is -2.32. The van der Waals surface area contributed by atoms with Gasteiger partial charge in [-0.1, -0.05) is 6.07 Å². The zero-order valence-electron chi connectivity index (χ0n) is 12.3. The number of amides is 1. The van der Waals surface area contributed by atoms with E-state index in [0.29, 0.717) is 6.54 Å². The van der Waals surface area contributed by atoms with Crippen molar-refractivity contribution in [2.75, 3.05) is 18.4 Å². The van der Waals surface area contributed by atoms with Crippen molar-refractivity contribution in [3.63, 3.8) is 0 Å². The Morgan fingerprint density at radius 1 is 1.45 bits per heavy atom. The van der Waals surface area contributed by atoms with E-state index in [-0.39, 0.29) is 23.7 Å². The maximum absolute atomic E-state index is 12.5. The maximum atomic E-state index is 12.5. The van der Waals surface area contributed by atoms with Crippen LogP contribution in [0.5, 0.6) is 0 Å². The first-order chi connectivity index (χ1) is 10.2. The molecule has 1 aromatic heterocycles. The lowest BCUT2D eigenvalue weighted by atomic mass is 9.82. The summed E-state index contributed by atoms with van der Waals surface area (Å²) < 4.78 is 1.56. The maximum Gasteiger partial charge on any atom is 0.231 e. The third-order valence-corrected chi connectivity index (χ3v) is 3.86. The normalized spacial score (nSPS) is 21.0. The van der Waals surface area contributed by atoms with Crippen molar-refractivity contribution in [2.24, 2.45) is 5.41 Å².